The van der Waals surface area contributed by atoms with Crippen molar-refractivity contribution in [3.63, 3.8) is 0 Å². The number of hydrogen-bond acceptors (Lipinski definition) is 4. The second-order valence-corrected chi connectivity index (χ2v) is 4.72. The highest BCUT2D eigenvalue weighted by atomic mass is 32.1. The number of ether oxygens (including phenoxy) is 1. The molecule has 0 bridgehead atoms. The quantitative estimate of drug-likeness (QED) is 0.708. The predicted octanol–water partition coefficient (Wildman–Crippen LogP) is 2.84. The number of oxazole rings is 1. The number of rotatable bonds is 2. The smallest absolute Gasteiger partial charge is 0.232 e. The van der Waals surface area contributed by atoms with E-state index in [1.165, 1.54) is 0 Å². The van der Waals surface area contributed by atoms with E-state index in [2.05, 4.69) is 25.8 Å². The normalized spacial score (nSPS) is 11.4. The van der Waals surface area contributed by atoms with Crippen LogP contribution in [0.2, 0.25) is 0 Å². The second kappa shape index (κ2) is 4.09. The van der Waals surface area contributed by atoms with Gasteiger partial charge in [-0.25, -0.2) is 4.98 Å². The Kier molecular flexibility index (Phi) is 3.26. The summed E-state index contributed by atoms with van der Waals surface area (Å²) < 4.78 is 10.6. The van der Waals surface area contributed by atoms with E-state index in [1.807, 2.05) is 0 Å². The summed E-state index contributed by atoms with van der Waals surface area (Å²) in [6, 6.07) is 0. The van der Waals surface area contributed by atoms with Gasteiger partial charge in [0.1, 0.15) is 5.76 Å². The van der Waals surface area contributed by atoms with E-state index in [9.17, 15) is 0 Å². The first kappa shape index (κ1) is 11.2. The topological polar surface area (TPSA) is 35.3 Å². The van der Waals surface area contributed by atoms with Gasteiger partial charge >= 0.3 is 0 Å². The number of aromatic nitrogens is 1. The Balaban J connectivity index is 2.64. The molecule has 1 aromatic rings. The van der Waals surface area contributed by atoms with Crippen LogP contribution in [0.25, 0.3) is 0 Å². The maximum atomic E-state index is 5.50. The van der Waals surface area contributed by atoms with Gasteiger partial charge < -0.3 is 9.15 Å². The van der Waals surface area contributed by atoms with Crippen molar-refractivity contribution in [3.05, 3.63) is 17.8 Å². The van der Waals surface area contributed by atoms with Gasteiger partial charge in [0.25, 0.3) is 0 Å². The van der Waals surface area contributed by atoms with E-state index in [4.69, 9.17) is 21.4 Å². The van der Waals surface area contributed by atoms with Gasteiger partial charge in [-0.3, -0.25) is 0 Å². The van der Waals surface area contributed by atoms with E-state index in [0.29, 0.717) is 17.5 Å². The van der Waals surface area contributed by atoms with Crippen molar-refractivity contribution < 1.29 is 9.15 Å². The summed E-state index contributed by atoms with van der Waals surface area (Å²) in [6.45, 7) is 8.25. The van der Waals surface area contributed by atoms with Crippen molar-refractivity contribution in [2.45, 2.75) is 39.7 Å². The maximum absolute atomic E-state index is 5.50. The summed E-state index contributed by atoms with van der Waals surface area (Å²) >= 11 is 4.78. The van der Waals surface area contributed by atoms with Gasteiger partial charge in [0, 0.05) is 12.3 Å². The Hall–Kier alpha value is -0.900. The van der Waals surface area contributed by atoms with Crippen molar-refractivity contribution in [2.75, 3.05) is 0 Å². The van der Waals surface area contributed by atoms with Crippen molar-refractivity contribution in [1.82, 2.24) is 4.98 Å². The molecule has 1 aromatic heterocycles. The SMILES string of the molecule is CC(=S)OCc1ncc(C(C)(C)C)o1. The zero-order valence-corrected chi connectivity index (χ0v) is 9.77. The summed E-state index contributed by atoms with van der Waals surface area (Å²) in [5.41, 5.74) is -0.0159. The molecule has 0 N–H and O–H groups in total. The van der Waals surface area contributed by atoms with Crippen LogP contribution in [0.5, 0.6) is 0 Å². The molecular formula is C10H15NO2S. The highest BCUT2D eigenvalue weighted by Gasteiger charge is 2.19. The van der Waals surface area contributed by atoms with Crippen LogP contribution in [0.15, 0.2) is 10.6 Å². The van der Waals surface area contributed by atoms with Crippen LogP contribution in [0, 0.1) is 0 Å². The molecule has 4 heteroatoms. The number of nitrogens with zero attached hydrogens (tertiary/aromatic N) is 1. The minimum Gasteiger partial charge on any atom is -0.478 e. The van der Waals surface area contributed by atoms with Gasteiger partial charge in [-0.05, 0) is 12.2 Å². The van der Waals surface area contributed by atoms with Crippen molar-refractivity contribution in [2.24, 2.45) is 0 Å². The monoisotopic (exact) mass is 213 g/mol. The van der Waals surface area contributed by atoms with Crippen molar-refractivity contribution in [1.29, 1.82) is 0 Å². The molecule has 1 rings (SSSR count). The van der Waals surface area contributed by atoms with Gasteiger partial charge in [-0.2, -0.15) is 0 Å². The molecular weight excluding hydrogens is 198 g/mol. The minimum absolute atomic E-state index is 0.0159. The Morgan fingerprint density at radius 2 is 2.21 bits per heavy atom. The third-order valence-corrected chi connectivity index (χ3v) is 1.81. The zero-order valence-electron chi connectivity index (χ0n) is 8.96. The Morgan fingerprint density at radius 3 is 2.64 bits per heavy atom. The molecule has 0 aliphatic rings. The van der Waals surface area contributed by atoms with Crippen LogP contribution in [0.4, 0.5) is 0 Å². The highest BCUT2D eigenvalue weighted by Crippen LogP contribution is 2.22. The molecule has 14 heavy (non-hydrogen) atoms. The lowest BCUT2D eigenvalue weighted by Gasteiger charge is -2.13. The summed E-state index contributed by atoms with van der Waals surface area (Å²) in [7, 11) is 0. The van der Waals surface area contributed by atoms with Gasteiger partial charge in [0.05, 0.1) is 6.20 Å². The molecule has 0 amide bonds. The first-order valence-corrected chi connectivity index (χ1v) is 4.89. The third kappa shape index (κ3) is 3.10. The van der Waals surface area contributed by atoms with Crippen LogP contribution in [0.1, 0.15) is 39.3 Å². The van der Waals surface area contributed by atoms with Crippen molar-refractivity contribution in [3.8, 4) is 0 Å². The summed E-state index contributed by atoms with van der Waals surface area (Å²) in [6.07, 6.45) is 1.73. The molecule has 0 aromatic carbocycles. The Bertz CT molecular complexity index is 325. The summed E-state index contributed by atoms with van der Waals surface area (Å²) in [4.78, 5) is 4.10. The lowest BCUT2D eigenvalue weighted by atomic mass is 9.94. The Labute approximate surface area is 89.5 Å². The number of hydrogen-bond donors (Lipinski definition) is 0. The van der Waals surface area contributed by atoms with Crippen LogP contribution in [-0.4, -0.2) is 10.0 Å². The van der Waals surface area contributed by atoms with Gasteiger partial charge in [0.2, 0.25) is 5.89 Å². The zero-order chi connectivity index (χ0) is 10.8. The van der Waals surface area contributed by atoms with Crippen molar-refractivity contribution >= 4 is 17.3 Å². The maximum Gasteiger partial charge on any atom is 0.232 e. The molecule has 0 saturated heterocycles. The molecule has 0 aliphatic carbocycles. The van der Waals surface area contributed by atoms with Crippen LogP contribution < -0.4 is 0 Å². The van der Waals surface area contributed by atoms with Gasteiger partial charge in [-0.1, -0.05) is 20.8 Å². The average molecular weight is 213 g/mol. The third-order valence-electron chi connectivity index (χ3n) is 1.69. The van der Waals surface area contributed by atoms with E-state index in [-0.39, 0.29) is 5.41 Å². The van der Waals surface area contributed by atoms with E-state index in [1.54, 1.807) is 13.1 Å². The van der Waals surface area contributed by atoms with E-state index < -0.39 is 0 Å². The van der Waals surface area contributed by atoms with E-state index >= 15 is 0 Å². The largest absolute Gasteiger partial charge is 0.478 e. The molecule has 0 unspecified atom stereocenters. The van der Waals surface area contributed by atoms with Gasteiger partial charge in [-0.15, -0.1) is 0 Å². The lowest BCUT2D eigenvalue weighted by Crippen LogP contribution is -2.09. The average Bonchev–Trinajstić information content (AvgIpc) is 2.47. The highest BCUT2D eigenvalue weighted by molar-refractivity contribution is 7.80. The molecule has 0 atom stereocenters. The molecule has 3 nitrogen and oxygen atoms in total. The van der Waals surface area contributed by atoms with Gasteiger partial charge in [0.15, 0.2) is 11.7 Å². The second-order valence-electron chi connectivity index (χ2n) is 4.15. The Morgan fingerprint density at radius 1 is 1.57 bits per heavy atom. The predicted molar refractivity (Wildman–Crippen MR) is 58.3 cm³/mol. The van der Waals surface area contributed by atoms with Crippen LogP contribution in [0.3, 0.4) is 0 Å². The lowest BCUT2D eigenvalue weighted by molar-refractivity contribution is 0.245. The first-order valence-electron chi connectivity index (χ1n) is 4.48. The molecule has 0 radical (unpaired) electrons. The van der Waals surface area contributed by atoms with Crippen LogP contribution >= 0.6 is 12.2 Å². The molecule has 1 heterocycles. The summed E-state index contributed by atoms with van der Waals surface area (Å²) in [5.74, 6) is 1.43. The molecule has 0 spiro atoms. The first-order chi connectivity index (χ1) is 6.39. The van der Waals surface area contributed by atoms with Crippen LogP contribution in [-0.2, 0) is 16.8 Å². The molecule has 0 fully saturated rings. The molecule has 0 aliphatic heterocycles. The molecule has 78 valence electrons. The fourth-order valence-corrected chi connectivity index (χ4v) is 0.946. The fraction of sp³-hybridized carbons (Fsp3) is 0.600. The minimum atomic E-state index is -0.0159. The summed E-state index contributed by atoms with van der Waals surface area (Å²) in [5, 5.41) is 0.500. The molecule has 0 saturated carbocycles. The van der Waals surface area contributed by atoms with E-state index in [0.717, 1.165) is 5.76 Å². The fourth-order valence-electron chi connectivity index (χ4n) is 0.887. The standard InChI is InChI=1S/C10H15NO2S/c1-7(14)12-6-9-11-5-8(13-9)10(2,3)4/h5H,6H2,1-4H3. The number of thiocarbonyl (C=S) groups is 1.